The first-order valence-corrected chi connectivity index (χ1v) is 8.30. The van der Waals surface area contributed by atoms with E-state index in [9.17, 15) is 18.0 Å². The minimum Gasteiger partial charge on any atom is -0.477 e. The Labute approximate surface area is 127 Å². The Bertz CT molecular complexity index is 1050. The largest absolute Gasteiger partial charge is 0.477 e. The van der Waals surface area contributed by atoms with Crippen molar-refractivity contribution in [2.75, 3.05) is 0 Å². The van der Waals surface area contributed by atoms with E-state index in [1.165, 1.54) is 29.8 Å². The molecule has 0 saturated carbocycles. The summed E-state index contributed by atoms with van der Waals surface area (Å²) in [6, 6.07) is 5.16. The van der Waals surface area contributed by atoms with Crippen molar-refractivity contribution in [3.8, 4) is 0 Å². The van der Waals surface area contributed by atoms with Gasteiger partial charge in [-0.3, -0.25) is 4.79 Å². The third kappa shape index (κ3) is 2.30. The molecule has 0 bridgehead atoms. The number of nitrogens with one attached hydrogen (secondary N) is 1. The molecule has 0 aliphatic carbocycles. The first-order chi connectivity index (χ1) is 10.4. The maximum Gasteiger partial charge on any atom is 0.345 e. The molecule has 22 heavy (non-hydrogen) atoms. The molecule has 0 aliphatic heterocycles. The van der Waals surface area contributed by atoms with Gasteiger partial charge >= 0.3 is 5.97 Å². The molecule has 3 rings (SSSR count). The molecule has 2 heterocycles. The van der Waals surface area contributed by atoms with Crippen molar-refractivity contribution >= 4 is 37.9 Å². The van der Waals surface area contributed by atoms with Crippen molar-refractivity contribution in [1.82, 2.24) is 10.2 Å². The quantitative estimate of drug-likeness (QED) is 0.749. The Morgan fingerprint density at radius 3 is 2.68 bits per heavy atom. The molecule has 0 fully saturated rings. The molecule has 3 aromatic rings. The second-order valence-electron chi connectivity index (χ2n) is 4.40. The lowest BCUT2D eigenvalue weighted by Gasteiger charge is -2.03. The SMILES string of the molecule is O=C(O)c1cc(S(=O)(=O)c2ccc3c(=O)[nH]ncc3c2)cs1. The van der Waals surface area contributed by atoms with Crippen LogP contribution < -0.4 is 5.56 Å². The van der Waals surface area contributed by atoms with Gasteiger partial charge in [-0.1, -0.05) is 0 Å². The number of carboxylic acid groups (broad SMARTS) is 1. The van der Waals surface area contributed by atoms with Crippen LogP contribution in [0.25, 0.3) is 10.8 Å². The number of hydrogen-bond donors (Lipinski definition) is 2. The van der Waals surface area contributed by atoms with Gasteiger partial charge in [-0.2, -0.15) is 5.10 Å². The maximum absolute atomic E-state index is 12.5. The number of aromatic nitrogens is 2. The van der Waals surface area contributed by atoms with Gasteiger partial charge in [0, 0.05) is 10.8 Å². The molecule has 112 valence electrons. The van der Waals surface area contributed by atoms with E-state index in [2.05, 4.69) is 10.2 Å². The topological polar surface area (TPSA) is 117 Å². The highest BCUT2D eigenvalue weighted by molar-refractivity contribution is 7.91. The molecule has 0 saturated heterocycles. The van der Waals surface area contributed by atoms with E-state index in [0.29, 0.717) is 10.8 Å². The van der Waals surface area contributed by atoms with Crippen molar-refractivity contribution < 1.29 is 18.3 Å². The number of hydrogen-bond acceptors (Lipinski definition) is 6. The van der Waals surface area contributed by atoms with Gasteiger partial charge in [0.25, 0.3) is 5.56 Å². The molecule has 0 atom stereocenters. The number of nitrogens with zero attached hydrogens (tertiary/aromatic N) is 1. The number of H-pyrrole nitrogens is 1. The molecule has 0 radical (unpaired) electrons. The van der Waals surface area contributed by atoms with Crippen molar-refractivity contribution in [1.29, 1.82) is 0 Å². The van der Waals surface area contributed by atoms with Gasteiger partial charge < -0.3 is 5.11 Å². The van der Waals surface area contributed by atoms with Gasteiger partial charge in [0.05, 0.1) is 21.4 Å². The highest BCUT2D eigenvalue weighted by atomic mass is 32.2. The van der Waals surface area contributed by atoms with Crippen LogP contribution in [0.5, 0.6) is 0 Å². The summed E-state index contributed by atoms with van der Waals surface area (Å²) in [6.45, 7) is 0. The maximum atomic E-state index is 12.5. The van der Waals surface area contributed by atoms with Gasteiger partial charge in [0.2, 0.25) is 9.84 Å². The first-order valence-electron chi connectivity index (χ1n) is 5.94. The summed E-state index contributed by atoms with van der Waals surface area (Å²) in [6.07, 6.45) is 1.35. The van der Waals surface area contributed by atoms with Crippen molar-refractivity contribution in [2.24, 2.45) is 0 Å². The summed E-state index contributed by atoms with van der Waals surface area (Å²) in [5, 5.41) is 16.8. The van der Waals surface area contributed by atoms with Crippen molar-refractivity contribution in [3.05, 3.63) is 51.1 Å². The van der Waals surface area contributed by atoms with Gasteiger partial charge in [-0.15, -0.1) is 11.3 Å². The normalized spacial score (nSPS) is 11.6. The fourth-order valence-electron chi connectivity index (χ4n) is 1.95. The van der Waals surface area contributed by atoms with E-state index in [1.807, 2.05) is 0 Å². The summed E-state index contributed by atoms with van der Waals surface area (Å²) in [5.41, 5.74) is -0.412. The second-order valence-corrected chi connectivity index (χ2v) is 7.26. The number of carboxylic acids is 1. The Balaban J connectivity index is 2.16. The van der Waals surface area contributed by atoms with Crippen LogP contribution in [-0.2, 0) is 9.84 Å². The van der Waals surface area contributed by atoms with Crippen LogP contribution in [0.15, 0.2) is 50.4 Å². The standard InChI is InChI=1S/C13H8N2O5S2/c16-12-10-2-1-8(3-7(10)5-14-15-12)22(19,20)9-4-11(13(17)18)21-6-9/h1-6H,(H,15,16)(H,17,18). The summed E-state index contributed by atoms with van der Waals surface area (Å²) < 4.78 is 25.0. The van der Waals surface area contributed by atoms with Crippen LogP contribution >= 0.6 is 11.3 Å². The molecule has 2 N–H and O–H groups in total. The van der Waals surface area contributed by atoms with Gasteiger partial charge in [-0.05, 0) is 24.3 Å². The van der Waals surface area contributed by atoms with Crippen molar-refractivity contribution in [3.63, 3.8) is 0 Å². The third-order valence-corrected chi connectivity index (χ3v) is 5.84. The van der Waals surface area contributed by atoms with E-state index in [0.717, 1.165) is 17.4 Å². The Kier molecular flexibility index (Phi) is 3.30. The number of sulfone groups is 1. The highest BCUT2D eigenvalue weighted by Gasteiger charge is 2.21. The number of fused-ring (bicyclic) bond motifs is 1. The van der Waals surface area contributed by atoms with Crippen LogP contribution in [-0.4, -0.2) is 29.7 Å². The van der Waals surface area contributed by atoms with Crippen LogP contribution in [0.1, 0.15) is 9.67 Å². The monoisotopic (exact) mass is 336 g/mol. The number of aromatic amines is 1. The molecule has 0 spiro atoms. The smallest absolute Gasteiger partial charge is 0.345 e. The zero-order valence-corrected chi connectivity index (χ0v) is 12.4. The molecular formula is C13H8N2O5S2. The van der Waals surface area contributed by atoms with Gasteiger partial charge in [0.1, 0.15) is 4.88 Å². The van der Waals surface area contributed by atoms with Crippen LogP contribution in [0.3, 0.4) is 0 Å². The van der Waals surface area contributed by atoms with E-state index < -0.39 is 21.4 Å². The molecule has 2 aromatic heterocycles. The fourth-order valence-corrected chi connectivity index (χ4v) is 4.36. The molecule has 0 aliphatic rings. The van der Waals surface area contributed by atoms with Gasteiger partial charge in [0.15, 0.2) is 0 Å². The number of thiophene rings is 1. The lowest BCUT2D eigenvalue weighted by Crippen LogP contribution is -2.08. The average molecular weight is 336 g/mol. The number of aromatic carboxylic acids is 1. The highest BCUT2D eigenvalue weighted by Crippen LogP contribution is 2.27. The number of benzene rings is 1. The van der Waals surface area contributed by atoms with E-state index in [4.69, 9.17) is 5.11 Å². The van der Waals surface area contributed by atoms with Crippen molar-refractivity contribution in [2.45, 2.75) is 9.79 Å². The molecule has 7 nitrogen and oxygen atoms in total. The number of rotatable bonds is 3. The van der Waals surface area contributed by atoms with Crippen LogP contribution in [0, 0.1) is 0 Å². The minimum absolute atomic E-state index is 0.0258. The van der Waals surface area contributed by atoms with E-state index >= 15 is 0 Å². The zero-order chi connectivity index (χ0) is 15.9. The molecule has 9 heteroatoms. The Morgan fingerprint density at radius 2 is 2.00 bits per heavy atom. The molecule has 0 unspecified atom stereocenters. The van der Waals surface area contributed by atoms with Gasteiger partial charge in [-0.25, -0.2) is 18.3 Å². The number of carbonyl (C=O) groups is 1. The summed E-state index contributed by atoms with van der Waals surface area (Å²) in [5.74, 6) is -1.18. The third-order valence-electron chi connectivity index (χ3n) is 3.04. The first kappa shape index (κ1) is 14.4. The zero-order valence-electron chi connectivity index (χ0n) is 10.8. The Hall–Kier alpha value is -2.52. The molecule has 0 amide bonds. The average Bonchev–Trinajstić information content (AvgIpc) is 2.98. The minimum atomic E-state index is -3.85. The summed E-state index contributed by atoms with van der Waals surface area (Å²) in [7, 11) is -3.85. The second kappa shape index (κ2) is 5.04. The van der Waals surface area contributed by atoms with Crippen LogP contribution in [0.2, 0.25) is 0 Å². The predicted molar refractivity (Wildman–Crippen MR) is 79.1 cm³/mol. The summed E-state index contributed by atoms with van der Waals surface area (Å²) in [4.78, 5) is 22.2. The Morgan fingerprint density at radius 1 is 1.23 bits per heavy atom. The lowest BCUT2D eigenvalue weighted by molar-refractivity contribution is 0.0702. The predicted octanol–water partition coefficient (Wildman–Crippen LogP) is 1.52. The lowest BCUT2D eigenvalue weighted by atomic mass is 10.2. The van der Waals surface area contributed by atoms with E-state index in [1.54, 1.807) is 0 Å². The fraction of sp³-hybridized carbons (Fsp3) is 0. The van der Waals surface area contributed by atoms with E-state index in [-0.39, 0.29) is 14.7 Å². The van der Waals surface area contributed by atoms with Crippen LogP contribution in [0.4, 0.5) is 0 Å². The summed E-state index contributed by atoms with van der Waals surface area (Å²) >= 11 is 0.839. The molecular weight excluding hydrogens is 328 g/mol. The molecule has 1 aromatic carbocycles.